The number of fused-ring (bicyclic) bond motifs is 1. The van der Waals surface area contributed by atoms with E-state index in [2.05, 4.69) is 93.2 Å². The van der Waals surface area contributed by atoms with Crippen molar-refractivity contribution < 1.29 is 14.6 Å². The number of rotatable bonds is 14. The Bertz CT molecular complexity index is 1450. The molecule has 6 heteroatoms. The van der Waals surface area contributed by atoms with Crippen LogP contribution in [-0.2, 0) is 23.2 Å². The van der Waals surface area contributed by atoms with E-state index in [1.807, 2.05) is 42.2 Å². The lowest BCUT2D eigenvalue weighted by Crippen LogP contribution is -2.45. The molecule has 0 fully saturated rings. The number of H-pyrrole nitrogens is 1. The molecule has 43 heavy (non-hydrogen) atoms. The lowest BCUT2D eigenvalue weighted by molar-refractivity contribution is -0.133. The summed E-state index contributed by atoms with van der Waals surface area (Å²) in [5, 5.41) is 12.1. The minimum Gasteiger partial charge on any atom is -0.491 e. The highest BCUT2D eigenvalue weighted by Crippen LogP contribution is 2.23. The van der Waals surface area contributed by atoms with Gasteiger partial charge in [0.1, 0.15) is 18.5 Å². The number of para-hydroxylation sites is 2. The van der Waals surface area contributed by atoms with Gasteiger partial charge in [0, 0.05) is 43.3 Å². The van der Waals surface area contributed by atoms with E-state index >= 15 is 0 Å². The highest BCUT2D eigenvalue weighted by Gasteiger charge is 2.22. The Hall–Kier alpha value is -3.61. The molecule has 0 spiro atoms. The number of hydrogen-bond acceptors (Lipinski definition) is 4. The van der Waals surface area contributed by atoms with E-state index in [4.69, 9.17) is 4.74 Å². The first-order chi connectivity index (χ1) is 20.5. The van der Waals surface area contributed by atoms with Gasteiger partial charge >= 0.3 is 0 Å². The number of ether oxygens (including phenoxy) is 1. The molecule has 0 unspecified atom stereocenters. The normalized spacial score (nSPS) is 12.7. The van der Waals surface area contributed by atoms with Gasteiger partial charge in [0.2, 0.25) is 5.91 Å². The topological polar surface area (TPSA) is 68.8 Å². The maximum atomic E-state index is 14.0. The van der Waals surface area contributed by atoms with Crippen LogP contribution in [0, 0.1) is 12.8 Å². The van der Waals surface area contributed by atoms with Gasteiger partial charge in [-0.1, -0.05) is 95.3 Å². The molecule has 1 amide bonds. The zero-order valence-electron chi connectivity index (χ0n) is 26.8. The molecule has 1 atom stereocenters. The maximum Gasteiger partial charge on any atom is 0.237 e. The molecule has 6 nitrogen and oxygen atoms in total. The van der Waals surface area contributed by atoms with Crippen LogP contribution < -0.4 is 4.74 Å². The van der Waals surface area contributed by atoms with Crippen LogP contribution >= 0.6 is 0 Å². The molecule has 1 heterocycles. The predicted molar refractivity (Wildman–Crippen MR) is 177 cm³/mol. The highest BCUT2D eigenvalue weighted by molar-refractivity contribution is 5.83. The first kappa shape index (κ1) is 32.3. The van der Waals surface area contributed by atoms with E-state index in [-0.39, 0.29) is 24.5 Å². The Morgan fingerprint density at radius 1 is 0.953 bits per heavy atom. The van der Waals surface area contributed by atoms with Gasteiger partial charge in [-0.25, -0.2) is 0 Å². The summed E-state index contributed by atoms with van der Waals surface area (Å²) in [6.45, 7) is 15.6. The van der Waals surface area contributed by atoms with Crippen molar-refractivity contribution in [1.82, 2.24) is 14.8 Å². The third kappa shape index (κ3) is 9.44. The number of benzene rings is 3. The van der Waals surface area contributed by atoms with Crippen LogP contribution in [0.4, 0.5) is 0 Å². The Kier molecular flexibility index (Phi) is 11.1. The van der Waals surface area contributed by atoms with Gasteiger partial charge in [-0.05, 0) is 59.1 Å². The van der Waals surface area contributed by atoms with E-state index in [1.54, 1.807) is 0 Å². The van der Waals surface area contributed by atoms with Crippen LogP contribution in [0.1, 0.15) is 56.9 Å². The van der Waals surface area contributed by atoms with E-state index in [9.17, 15) is 9.90 Å². The standard InChI is InChI=1S/C37H49N3O3/c1-27(2)22-39(24-32(41)26-43-35-14-10-7-11-28(35)3)25-36(42)40(23-29-15-17-31(18-16-29)37(4,5)6)20-19-30-21-38-34-13-9-8-12-33(30)34/h7-18,21,27,32,38,41H,19-20,22-26H2,1-6H3/t32-/m1/s1. The number of aryl methyl sites for hydroxylation is 1. The second-order valence-corrected chi connectivity index (χ2v) is 13.2. The lowest BCUT2D eigenvalue weighted by Gasteiger charge is -2.30. The molecular formula is C37H49N3O3. The summed E-state index contributed by atoms with van der Waals surface area (Å²) in [5.74, 6) is 1.18. The number of nitrogens with one attached hydrogen (secondary N) is 1. The SMILES string of the molecule is Cc1ccccc1OC[C@H](O)CN(CC(=O)N(CCc1c[nH]c2ccccc12)Cc1ccc(C(C)(C)C)cc1)CC(C)C. The minimum atomic E-state index is -0.712. The molecule has 0 saturated carbocycles. The van der Waals surface area contributed by atoms with Gasteiger partial charge in [-0.3, -0.25) is 9.69 Å². The molecule has 0 aliphatic carbocycles. The molecule has 0 aliphatic rings. The Balaban J connectivity index is 1.47. The Morgan fingerprint density at radius 3 is 2.35 bits per heavy atom. The second-order valence-electron chi connectivity index (χ2n) is 13.2. The number of amides is 1. The molecule has 4 aromatic rings. The van der Waals surface area contributed by atoms with Crippen molar-refractivity contribution in [2.24, 2.45) is 5.92 Å². The van der Waals surface area contributed by atoms with Crippen LogP contribution in [0.2, 0.25) is 0 Å². The van der Waals surface area contributed by atoms with E-state index in [0.717, 1.165) is 28.8 Å². The molecule has 0 aliphatic heterocycles. The van der Waals surface area contributed by atoms with Crippen molar-refractivity contribution >= 4 is 16.8 Å². The fourth-order valence-corrected chi connectivity index (χ4v) is 5.48. The average molecular weight is 584 g/mol. The molecule has 1 aromatic heterocycles. The summed E-state index contributed by atoms with van der Waals surface area (Å²) in [6.07, 6.45) is 2.10. The van der Waals surface area contributed by atoms with Crippen LogP contribution in [0.25, 0.3) is 10.9 Å². The molecule has 230 valence electrons. The summed E-state index contributed by atoms with van der Waals surface area (Å²) in [6, 6.07) is 24.7. The third-order valence-corrected chi connectivity index (χ3v) is 7.85. The zero-order chi connectivity index (χ0) is 31.0. The summed E-state index contributed by atoms with van der Waals surface area (Å²) in [7, 11) is 0. The number of hydrogen-bond donors (Lipinski definition) is 2. The number of aromatic nitrogens is 1. The summed E-state index contributed by atoms with van der Waals surface area (Å²) < 4.78 is 5.91. The second kappa shape index (κ2) is 14.7. The van der Waals surface area contributed by atoms with E-state index in [1.165, 1.54) is 16.5 Å². The van der Waals surface area contributed by atoms with Crippen molar-refractivity contribution in [2.75, 3.05) is 32.8 Å². The fraction of sp³-hybridized carbons (Fsp3) is 0.432. The maximum absolute atomic E-state index is 14.0. The molecular weight excluding hydrogens is 534 g/mol. The van der Waals surface area contributed by atoms with Crippen molar-refractivity contribution in [1.29, 1.82) is 0 Å². The first-order valence-electron chi connectivity index (χ1n) is 15.5. The van der Waals surface area contributed by atoms with Crippen molar-refractivity contribution in [3.63, 3.8) is 0 Å². The molecule has 2 N–H and O–H groups in total. The summed E-state index contributed by atoms with van der Waals surface area (Å²) in [4.78, 5) is 21.4. The smallest absolute Gasteiger partial charge is 0.237 e. The number of carbonyl (C=O) groups is 1. The quantitative estimate of drug-likeness (QED) is 0.172. The van der Waals surface area contributed by atoms with Crippen LogP contribution in [0.15, 0.2) is 79.0 Å². The molecule has 4 rings (SSSR count). The van der Waals surface area contributed by atoms with E-state index < -0.39 is 6.10 Å². The molecule has 0 saturated heterocycles. The highest BCUT2D eigenvalue weighted by atomic mass is 16.5. The van der Waals surface area contributed by atoms with Gasteiger partial charge in [0.25, 0.3) is 0 Å². The number of aliphatic hydroxyl groups excluding tert-OH is 1. The number of aromatic amines is 1. The lowest BCUT2D eigenvalue weighted by atomic mass is 9.87. The Morgan fingerprint density at radius 2 is 1.65 bits per heavy atom. The number of nitrogens with zero attached hydrogens (tertiary/aromatic N) is 2. The average Bonchev–Trinajstić information content (AvgIpc) is 3.37. The minimum absolute atomic E-state index is 0.0624. The van der Waals surface area contributed by atoms with Crippen molar-refractivity contribution in [3.05, 3.63) is 101 Å². The van der Waals surface area contributed by atoms with Gasteiger partial charge in [0.05, 0.1) is 6.54 Å². The van der Waals surface area contributed by atoms with Crippen LogP contribution in [0.5, 0.6) is 5.75 Å². The van der Waals surface area contributed by atoms with Gasteiger partial charge < -0.3 is 19.7 Å². The summed E-state index contributed by atoms with van der Waals surface area (Å²) >= 11 is 0. The molecule has 3 aromatic carbocycles. The summed E-state index contributed by atoms with van der Waals surface area (Å²) in [5.41, 5.74) is 5.81. The van der Waals surface area contributed by atoms with E-state index in [0.29, 0.717) is 32.1 Å². The molecule has 0 radical (unpaired) electrons. The molecule has 0 bridgehead atoms. The zero-order valence-corrected chi connectivity index (χ0v) is 26.8. The number of aliphatic hydroxyl groups is 1. The van der Waals surface area contributed by atoms with Gasteiger partial charge in [-0.15, -0.1) is 0 Å². The predicted octanol–water partition coefficient (Wildman–Crippen LogP) is 6.74. The first-order valence-corrected chi connectivity index (χ1v) is 15.5. The number of carbonyl (C=O) groups excluding carboxylic acids is 1. The monoisotopic (exact) mass is 583 g/mol. The van der Waals surface area contributed by atoms with Crippen molar-refractivity contribution in [3.8, 4) is 5.75 Å². The van der Waals surface area contributed by atoms with Gasteiger partial charge in [0.15, 0.2) is 0 Å². The van der Waals surface area contributed by atoms with Gasteiger partial charge in [-0.2, -0.15) is 0 Å². The van der Waals surface area contributed by atoms with Crippen LogP contribution in [-0.4, -0.2) is 64.7 Å². The van der Waals surface area contributed by atoms with Crippen LogP contribution in [0.3, 0.4) is 0 Å². The van der Waals surface area contributed by atoms with Crippen molar-refractivity contribution in [2.45, 2.75) is 66.0 Å². The fourth-order valence-electron chi connectivity index (χ4n) is 5.48. The Labute approximate surface area is 257 Å². The third-order valence-electron chi connectivity index (χ3n) is 7.85. The largest absolute Gasteiger partial charge is 0.491 e.